The van der Waals surface area contributed by atoms with Crippen LogP contribution >= 0.6 is 0 Å². The molecular formula is C13H27N. The Labute approximate surface area is 90.0 Å². The predicted molar refractivity (Wildman–Crippen MR) is 65.5 cm³/mol. The van der Waals surface area contributed by atoms with Gasteiger partial charge in [-0.15, -0.1) is 6.58 Å². The van der Waals surface area contributed by atoms with E-state index in [1.807, 2.05) is 0 Å². The third-order valence-corrected chi connectivity index (χ3v) is 2.70. The summed E-state index contributed by atoms with van der Waals surface area (Å²) in [7, 11) is 0. The fraction of sp³-hybridized carbons (Fsp3) is 0.846. The minimum absolute atomic E-state index is 0.258. The van der Waals surface area contributed by atoms with Crippen LogP contribution in [0.3, 0.4) is 0 Å². The lowest BCUT2D eigenvalue weighted by Gasteiger charge is -2.28. The molecule has 0 spiro atoms. The second-order valence-electron chi connectivity index (χ2n) is 5.33. The number of hydrogen-bond donors (Lipinski definition) is 1. The van der Waals surface area contributed by atoms with Crippen LogP contribution < -0.4 is 5.32 Å². The molecule has 0 heterocycles. The number of hydrogen-bond acceptors (Lipinski definition) is 1. The first kappa shape index (κ1) is 13.7. The molecule has 0 radical (unpaired) electrons. The van der Waals surface area contributed by atoms with E-state index in [-0.39, 0.29) is 5.41 Å². The van der Waals surface area contributed by atoms with Gasteiger partial charge >= 0.3 is 0 Å². The first-order valence-corrected chi connectivity index (χ1v) is 5.76. The normalized spacial score (nSPS) is 15.9. The summed E-state index contributed by atoms with van der Waals surface area (Å²) in [6.45, 7) is 16.2. The predicted octanol–water partition coefficient (Wildman–Crippen LogP) is 3.61. The van der Waals surface area contributed by atoms with Crippen molar-refractivity contribution in [3.8, 4) is 0 Å². The van der Waals surface area contributed by atoms with Crippen molar-refractivity contribution >= 4 is 0 Å². The molecule has 0 bridgehead atoms. The summed E-state index contributed by atoms with van der Waals surface area (Å²) < 4.78 is 0. The molecule has 0 saturated heterocycles. The van der Waals surface area contributed by atoms with Gasteiger partial charge in [0.1, 0.15) is 0 Å². The lowest BCUT2D eigenvalue weighted by atomic mass is 9.83. The SMILES string of the molecule is C=CC(C)(CCC(C)C)CNC(C)C. The molecule has 1 atom stereocenters. The van der Waals surface area contributed by atoms with Gasteiger partial charge in [0.15, 0.2) is 0 Å². The van der Waals surface area contributed by atoms with Crippen molar-refractivity contribution in [1.29, 1.82) is 0 Å². The summed E-state index contributed by atoms with van der Waals surface area (Å²) in [5.74, 6) is 0.785. The van der Waals surface area contributed by atoms with Crippen LogP contribution in [0.5, 0.6) is 0 Å². The van der Waals surface area contributed by atoms with Crippen molar-refractivity contribution in [2.75, 3.05) is 6.54 Å². The topological polar surface area (TPSA) is 12.0 Å². The van der Waals surface area contributed by atoms with E-state index in [2.05, 4.69) is 52.6 Å². The molecule has 0 aromatic rings. The van der Waals surface area contributed by atoms with E-state index < -0.39 is 0 Å². The molecule has 0 aliphatic heterocycles. The minimum Gasteiger partial charge on any atom is -0.314 e. The largest absolute Gasteiger partial charge is 0.314 e. The Morgan fingerprint density at radius 1 is 1.29 bits per heavy atom. The summed E-state index contributed by atoms with van der Waals surface area (Å²) in [5.41, 5.74) is 0.258. The summed E-state index contributed by atoms with van der Waals surface area (Å²) in [6.07, 6.45) is 4.61. The van der Waals surface area contributed by atoms with E-state index >= 15 is 0 Å². The van der Waals surface area contributed by atoms with Crippen molar-refractivity contribution in [2.24, 2.45) is 11.3 Å². The van der Waals surface area contributed by atoms with Gasteiger partial charge in [-0.05, 0) is 17.8 Å². The molecule has 0 aliphatic carbocycles. The van der Waals surface area contributed by atoms with Gasteiger partial charge in [0.25, 0.3) is 0 Å². The molecule has 0 saturated carbocycles. The average Bonchev–Trinajstić information content (AvgIpc) is 2.11. The van der Waals surface area contributed by atoms with Gasteiger partial charge in [-0.25, -0.2) is 0 Å². The van der Waals surface area contributed by atoms with E-state index in [0.29, 0.717) is 6.04 Å². The number of rotatable bonds is 7. The summed E-state index contributed by atoms with van der Waals surface area (Å²) in [6, 6.07) is 0.563. The zero-order chi connectivity index (χ0) is 11.2. The standard InChI is InChI=1S/C13H27N/c1-7-13(6,9-8-11(2)3)10-14-12(4)5/h7,11-12,14H,1,8-10H2,2-6H3. The summed E-state index contributed by atoms with van der Waals surface area (Å²) in [5, 5.41) is 3.49. The summed E-state index contributed by atoms with van der Waals surface area (Å²) >= 11 is 0. The first-order valence-electron chi connectivity index (χ1n) is 5.76. The number of nitrogens with one attached hydrogen (secondary N) is 1. The van der Waals surface area contributed by atoms with Crippen LogP contribution in [0.15, 0.2) is 12.7 Å². The maximum atomic E-state index is 3.95. The smallest absolute Gasteiger partial charge is 0.00421 e. The zero-order valence-corrected chi connectivity index (χ0v) is 10.6. The Balaban J connectivity index is 3.97. The van der Waals surface area contributed by atoms with Crippen molar-refractivity contribution in [1.82, 2.24) is 5.32 Å². The molecule has 14 heavy (non-hydrogen) atoms. The molecule has 84 valence electrons. The highest BCUT2D eigenvalue weighted by Gasteiger charge is 2.20. The highest BCUT2D eigenvalue weighted by atomic mass is 14.9. The maximum Gasteiger partial charge on any atom is 0.00421 e. The van der Waals surface area contributed by atoms with Crippen LogP contribution in [0.2, 0.25) is 0 Å². The lowest BCUT2D eigenvalue weighted by molar-refractivity contribution is 0.322. The van der Waals surface area contributed by atoms with E-state index in [1.165, 1.54) is 12.8 Å². The van der Waals surface area contributed by atoms with Gasteiger partial charge < -0.3 is 5.32 Å². The van der Waals surface area contributed by atoms with Crippen molar-refractivity contribution in [3.63, 3.8) is 0 Å². The molecule has 1 nitrogen and oxygen atoms in total. The molecule has 0 aromatic heterocycles. The van der Waals surface area contributed by atoms with Crippen molar-refractivity contribution in [3.05, 3.63) is 12.7 Å². The molecule has 1 heteroatoms. The van der Waals surface area contributed by atoms with E-state index in [4.69, 9.17) is 0 Å². The Bertz CT molecular complexity index is 147. The Morgan fingerprint density at radius 3 is 2.21 bits per heavy atom. The maximum absolute atomic E-state index is 3.95. The average molecular weight is 197 g/mol. The molecule has 0 amide bonds. The second kappa shape index (κ2) is 6.23. The highest BCUT2D eigenvalue weighted by molar-refractivity contribution is 4.93. The quantitative estimate of drug-likeness (QED) is 0.615. The monoisotopic (exact) mass is 197 g/mol. The van der Waals surface area contributed by atoms with Gasteiger partial charge in [-0.2, -0.15) is 0 Å². The van der Waals surface area contributed by atoms with Gasteiger partial charge in [0, 0.05) is 12.6 Å². The van der Waals surface area contributed by atoms with Gasteiger partial charge in [0.2, 0.25) is 0 Å². The van der Waals surface area contributed by atoms with Crippen LogP contribution in [0.1, 0.15) is 47.5 Å². The molecule has 0 aliphatic rings. The molecule has 1 unspecified atom stereocenters. The molecule has 0 fully saturated rings. The Hall–Kier alpha value is -0.300. The minimum atomic E-state index is 0.258. The van der Waals surface area contributed by atoms with Crippen molar-refractivity contribution in [2.45, 2.75) is 53.5 Å². The fourth-order valence-electron chi connectivity index (χ4n) is 1.32. The Kier molecular flexibility index (Phi) is 6.10. The van der Waals surface area contributed by atoms with Crippen LogP contribution in [0, 0.1) is 11.3 Å². The third kappa shape index (κ3) is 6.20. The van der Waals surface area contributed by atoms with E-state index in [9.17, 15) is 0 Å². The second-order valence-corrected chi connectivity index (χ2v) is 5.33. The zero-order valence-electron chi connectivity index (χ0n) is 10.6. The van der Waals surface area contributed by atoms with E-state index in [0.717, 1.165) is 12.5 Å². The highest BCUT2D eigenvalue weighted by Crippen LogP contribution is 2.25. The van der Waals surface area contributed by atoms with Gasteiger partial charge in [0.05, 0.1) is 0 Å². The van der Waals surface area contributed by atoms with Crippen LogP contribution in [0.25, 0.3) is 0 Å². The van der Waals surface area contributed by atoms with Crippen LogP contribution in [0.4, 0.5) is 0 Å². The first-order chi connectivity index (χ1) is 6.39. The Morgan fingerprint density at radius 2 is 1.86 bits per heavy atom. The molecule has 1 N–H and O–H groups in total. The fourth-order valence-corrected chi connectivity index (χ4v) is 1.32. The van der Waals surface area contributed by atoms with E-state index in [1.54, 1.807) is 0 Å². The van der Waals surface area contributed by atoms with Gasteiger partial charge in [-0.3, -0.25) is 0 Å². The van der Waals surface area contributed by atoms with Crippen LogP contribution in [-0.4, -0.2) is 12.6 Å². The molecule has 0 rings (SSSR count). The lowest BCUT2D eigenvalue weighted by Crippen LogP contribution is -2.34. The third-order valence-electron chi connectivity index (χ3n) is 2.70. The van der Waals surface area contributed by atoms with Crippen molar-refractivity contribution < 1.29 is 0 Å². The van der Waals surface area contributed by atoms with Gasteiger partial charge in [-0.1, -0.05) is 47.1 Å². The van der Waals surface area contributed by atoms with Crippen LogP contribution in [-0.2, 0) is 0 Å². The molecular weight excluding hydrogens is 170 g/mol. The molecule has 0 aromatic carbocycles. The summed E-state index contributed by atoms with van der Waals surface area (Å²) in [4.78, 5) is 0.